The molecule has 1 aliphatic rings. The normalized spacial score (nSPS) is 19.6. The van der Waals surface area contributed by atoms with E-state index in [2.05, 4.69) is 5.32 Å². The minimum absolute atomic E-state index is 0.0234. The van der Waals surface area contributed by atoms with Crippen molar-refractivity contribution in [1.82, 2.24) is 5.32 Å². The summed E-state index contributed by atoms with van der Waals surface area (Å²) in [5, 5.41) is 2.75. The first-order chi connectivity index (χ1) is 7.70. The maximum absolute atomic E-state index is 13.6. The summed E-state index contributed by atoms with van der Waals surface area (Å²) in [6, 6.07) is 4.74. The molecular formula is C12H14FNO2. The zero-order chi connectivity index (χ0) is 11.5. The first kappa shape index (κ1) is 10.9. The van der Waals surface area contributed by atoms with Gasteiger partial charge in [-0.15, -0.1) is 0 Å². The van der Waals surface area contributed by atoms with E-state index in [1.807, 2.05) is 0 Å². The standard InChI is InChI=1S/C12H14FNO2/c1-16-10-3-2-8(11(13)7-10)6-9-4-5-14-12(9)15/h2-3,7,9H,4-6H2,1H3,(H,14,15). The lowest BCUT2D eigenvalue weighted by molar-refractivity contribution is -0.122. The molecule has 1 aromatic rings. The average molecular weight is 223 g/mol. The number of amides is 1. The van der Waals surface area contributed by atoms with Crippen LogP contribution in [0.15, 0.2) is 18.2 Å². The summed E-state index contributed by atoms with van der Waals surface area (Å²) in [7, 11) is 1.50. The predicted octanol–water partition coefficient (Wildman–Crippen LogP) is 1.51. The molecule has 3 nitrogen and oxygen atoms in total. The van der Waals surface area contributed by atoms with Gasteiger partial charge in [0.15, 0.2) is 0 Å². The molecule has 0 radical (unpaired) electrons. The summed E-state index contributed by atoms with van der Waals surface area (Å²) >= 11 is 0. The van der Waals surface area contributed by atoms with Gasteiger partial charge in [-0.2, -0.15) is 0 Å². The Morgan fingerprint density at radius 1 is 1.56 bits per heavy atom. The van der Waals surface area contributed by atoms with Crippen LogP contribution < -0.4 is 10.1 Å². The van der Waals surface area contributed by atoms with Crippen molar-refractivity contribution >= 4 is 5.91 Å². The van der Waals surface area contributed by atoms with Crippen LogP contribution in [0.5, 0.6) is 5.75 Å². The van der Waals surface area contributed by atoms with Gasteiger partial charge >= 0.3 is 0 Å². The Labute approximate surface area is 93.6 Å². The highest BCUT2D eigenvalue weighted by molar-refractivity contribution is 5.80. The number of ether oxygens (including phenoxy) is 1. The molecule has 0 aromatic heterocycles. The van der Waals surface area contributed by atoms with Crippen molar-refractivity contribution in [2.45, 2.75) is 12.8 Å². The van der Waals surface area contributed by atoms with Crippen LogP contribution in [0.25, 0.3) is 0 Å². The first-order valence-electron chi connectivity index (χ1n) is 5.31. The number of carbonyl (C=O) groups excluding carboxylic acids is 1. The topological polar surface area (TPSA) is 38.3 Å². The van der Waals surface area contributed by atoms with Gasteiger partial charge in [0.05, 0.1) is 7.11 Å². The van der Waals surface area contributed by atoms with E-state index in [-0.39, 0.29) is 17.6 Å². The van der Waals surface area contributed by atoms with E-state index in [1.54, 1.807) is 12.1 Å². The fourth-order valence-electron chi connectivity index (χ4n) is 1.93. The fraction of sp³-hybridized carbons (Fsp3) is 0.417. The van der Waals surface area contributed by atoms with Crippen LogP contribution in [0.4, 0.5) is 4.39 Å². The number of benzene rings is 1. The van der Waals surface area contributed by atoms with E-state index < -0.39 is 0 Å². The average Bonchev–Trinajstić information content (AvgIpc) is 2.67. The third-order valence-corrected chi connectivity index (χ3v) is 2.89. The van der Waals surface area contributed by atoms with Crippen molar-refractivity contribution in [3.63, 3.8) is 0 Å². The van der Waals surface area contributed by atoms with Crippen molar-refractivity contribution < 1.29 is 13.9 Å². The molecule has 4 heteroatoms. The van der Waals surface area contributed by atoms with E-state index in [0.29, 0.717) is 24.3 Å². The van der Waals surface area contributed by atoms with Crippen molar-refractivity contribution in [2.75, 3.05) is 13.7 Å². The van der Waals surface area contributed by atoms with Crippen molar-refractivity contribution in [1.29, 1.82) is 0 Å². The van der Waals surface area contributed by atoms with Crippen LogP contribution in [-0.2, 0) is 11.2 Å². The van der Waals surface area contributed by atoms with Crippen molar-refractivity contribution in [3.8, 4) is 5.75 Å². The molecule has 1 unspecified atom stereocenters. The van der Waals surface area contributed by atoms with E-state index in [0.717, 1.165) is 6.42 Å². The van der Waals surface area contributed by atoms with Gasteiger partial charge in [0, 0.05) is 18.5 Å². The molecule has 1 heterocycles. The molecule has 1 N–H and O–H groups in total. The second kappa shape index (κ2) is 4.51. The van der Waals surface area contributed by atoms with Gasteiger partial charge in [-0.3, -0.25) is 4.79 Å². The Bertz CT molecular complexity index is 406. The third-order valence-electron chi connectivity index (χ3n) is 2.89. The molecule has 86 valence electrons. The van der Waals surface area contributed by atoms with Crippen LogP contribution in [0, 0.1) is 11.7 Å². The minimum atomic E-state index is -0.306. The lowest BCUT2D eigenvalue weighted by atomic mass is 9.97. The Morgan fingerprint density at radius 3 is 2.94 bits per heavy atom. The lowest BCUT2D eigenvalue weighted by Crippen LogP contribution is -2.20. The summed E-state index contributed by atoms with van der Waals surface area (Å²) < 4.78 is 18.5. The second-order valence-electron chi connectivity index (χ2n) is 3.94. The number of hydrogen-bond donors (Lipinski definition) is 1. The summed E-state index contributed by atoms with van der Waals surface area (Å²) in [5.41, 5.74) is 0.572. The minimum Gasteiger partial charge on any atom is -0.497 e. The first-order valence-corrected chi connectivity index (χ1v) is 5.31. The highest BCUT2D eigenvalue weighted by Crippen LogP contribution is 2.21. The highest BCUT2D eigenvalue weighted by Gasteiger charge is 2.25. The Kier molecular flexibility index (Phi) is 3.08. The molecule has 0 spiro atoms. The maximum atomic E-state index is 13.6. The van der Waals surface area contributed by atoms with Gasteiger partial charge in [0.25, 0.3) is 0 Å². The molecule has 1 saturated heterocycles. The maximum Gasteiger partial charge on any atom is 0.223 e. The molecule has 1 amide bonds. The molecule has 1 aromatic carbocycles. The van der Waals surface area contributed by atoms with Crippen LogP contribution in [0.2, 0.25) is 0 Å². The van der Waals surface area contributed by atoms with Crippen molar-refractivity contribution in [3.05, 3.63) is 29.6 Å². The van der Waals surface area contributed by atoms with E-state index in [9.17, 15) is 9.18 Å². The van der Waals surface area contributed by atoms with Crippen LogP contribution in [0.3, 0.4) is 0 Å². The predicted molar refractivity (Wildman–Crippen MR) is 57.8 cm³/mol. The van der Waals surface area contributed by atoms with E-state index in [1.165, 1.54) is 13.2 Å². The van der Waals surface area contributed by atoms with E-state index in [4.69, 9.17) is 4.74 Å². The summed E-state index contributed by atoms with van der Waals surface area (Å²) in [6.07, 6.45) is 1.24. The largest absolute Gasteiger partial charge is 0.497 e. The molecule has 0 aliphatic carbocycles. The molecule has 16 heavy (non-hydrogen) atoms. The quantitative estimate of drug-likeness (QED) is 0.843. The summed E-state index contributed by atoms with van der Waals surface area (Å²) in [6.45, 7) is 0.696. The Hall–Kier alpha value is -1.58. The second-order valence-corrected chi connectivity index (χ2v) is 3.94. The Balaban J connectivity index is 2.12. The monoisotopic (exact) mass is 223 g/mol. The SMILES string of the molecule is COc1ccc(CC2CCNC2=O)c(F)c1. The van der Waals surface area contributed by atoms with Crippen LogP contribution >= 0.6 is 0 Å². The molecular weight excluding hydrogens is 209 g/mol. The van der Waals surface area contributed by atoms with Gasteiger partial charge in [-0.05, 0) is 24.5 Å². The molecule has 1 aliphatic heterocycles. The number of halogens is 1. The number of rotatable bonds is 3. The van der Waals surface area contributed by atoms with E-state index >= 15 is 0 Å². The Morgan fingerprint density at radius 2 is 2.38 bits per heavy atom. The molecule has 0 saturated carbocycles. The lowest BCUT2D eigenvalue weighted by Gasteiger charge is -2.08. The smallest absolute Gasteiger partial charge is 0.223 e. The molecule has 2 rings (SSSR count). The van der Waals surface area contributed by atoms with Crippen molar-refractivity contribution in [2.24, 2.45) is 5.92 Å². The zero-order valence-corrected chi connectivity index (χ0v) is 9.13. The van der Waals surface area contributed by atoms with Gasteiger partial charge in [-0.1, -0.05) is 6.07 Å². The third kappa shape index (κ3) is 2.15. The number of methoxy groups -OCH3 is 1. The molecule has 0 bridgehead atoms. The van der Waals surface area contributed by atoms with Gasteiger partial charge in [0.1, 0.15) is 11.6 Å². The number of carbonyl (C=O) groups is 1. The zero-order valence-electron chi connectivity index (χ0n) is 9.13. The summed E-state index contributed by atoms with van der Waals surface area (Å²) in [5.74, 6) is 0.120. The van der Waals surface area contributed by atoms with Crippen LogP contribution in [-0.4, -0.2) is 19.6 Å². The number of hydrogen-bond acceptors (Lipinski definition) is 2. The van der Waals surface area contributed by atoms with Crippen LogP contribution in [0.1, 0.15) is 12.0 Å². The molecule has 1 fully saturated rings. The fourth-order valence-corrected chi connectivity index (χ4v) is 1.93. The van der Waals surface area contributed by atoms with Gasteiger partial charge in [0.2, 0.25) is 5.91 Å². The van der Waals surface area contributed by atoms with Gasteiger partial charge in [-0.25, -0.2) is 4.39 Å². The molecule has 1 atom stereocenters. The van der Waals surface area contributed by atoms with Gasteiger partial charge < -0.3 is 10.1 Å². The summed E-state index contributed by atoms with van der Waals surface area (Å²) in [4.78, 5) is 11.4. The number of nitrogens with one attached hydrogen (secondary N) is 1. The highest BCUT2D eigenvalue weighted by atomic mass is 19.1.